The average molecular weight is 798 g/mol. The Morgan fingerprint density at radius 3 is 2.15 bits per heavy atom. The second-order valence-electron chi connectivity index (χ2n) is 15.2. The highest BCUT2D eigenvalue weighted by Crippen LogP contribution is 2.47. The van der Waals surface area contributed by atoms with Crippen LogP contribution in [0.5, 0.6) is 0 Å². The smallest absolute Gasteiger partial charge is 0.406 e. The van der Waals surface area contributed by atoms with Crippen molar-refractivity contribution in [1.29, 1.82) is 0 Å². The summed E-state index contributed by atoms with van der Waals surface area (Å²) in [7, 11) is -4.15. The number of ether oxygens (including phenoxy) is 3. The Bertz CT molecular complexity index is 1410. The first-order valence-electron chi connectivity index (χ1n) is 21.0. The number of hydrogen-bond acceptors (Lipinski definition) is 12. The predicted molar refractivity (Wildman–Crippen MR) is 215 cm³/mol. The third-order valence-electron chi connectivity index (χ3n) is 10.7. The van der Waals surface area contributed by atoms with Crippen molar-refractivity contribution in [2.75, 3.05) is 38.8 Å². The predicted octanol–water partition coefficient (Wildman–Crippen LogP) is 7.63. The lowest BCUT2D eigenvalue weighted by Crippen LogP contribution is -2.40. The van der Waals surface area contributed by atoms with E-state index in [0.717, 1.165) is 25.7 Å². The molecule has 0 saturated carbocycles. The number of anilines is 1. The highest BCUT2D eigenvalue weighted by molar-refractivity contribution is 7.51. The third-order valence-corrected chi connectivity index (χ3v) is 12.4. The summed E-state index contributed by atoms with van der Waals surface area (Å²) in [6.45, 7) is 10.4. The lowest BCUT2D eigenvalue weighted by molar-refractivity contribution is -0.146. The first-order chi connectivity index (χ1) is 26.5. The molecule has 14 nitrogen and oxygen atoms in total. The molecule has 0 bridgehead atoms. The molecule has 6 atom stereocenters. The van der Waals surface area contributed by atoms with Gasteiger partial charge in [0.1, 0.15) is 41.8 Å². The molecule has 55 heavy (non-hydrogen) atoms. The van der Waals surface area contributed by atoms with Crippen LogP contribution in [0, 0.1) is 5.92 Å². The summed E-state index contributed by atoms with van der Waals surface area (Å²) in [6, 6.07) is 2.37. The van der Waals surface area contributed by atoms with Crippen LogP contribution in [0.1, 0.15) is 149 Å². The van der Waals surface area contributed by atoms with Gasteiger partial charge in [0.25, 0.3) is 0 Å². The van der Waals surface area contributed by atoms with Crippen LogP contribution in [0.25, 0.3) is 5.52 Å². The molecule has 1 aliphatic heterocycles. The van der Waals surface area contributed by atoms with Gasteiger partial charge in [0.15, 0.2) is 5.82 Å². The van der Waals surface area contributed by atoms with E-state index in [4.69, 9.17) is 29.0 Å². The summed E-state index contributed by atoms with van der Waals surface area (Å²) in [5, 5.41) is 29.1. The lowest BCUT2D eigenvalue weighted by atomic mass is 9.93. The highest BCUT2D eigenvalue weighted by atomic mass is 31.2. The molecule has 3 heterocycles. The SMILES string of the molecule is CCCCCCCCCCCCCCCCOCCCO[P@](=O)(N[C@@H](C)C(=O)OCC(CC)CC)OC[C@H]1O[C@@](C)(c2ccc3c(N)ncnn23)[C@H](O)[C@@H]1O. The second-order valence-corrected chi connectivity index (χ2v) is 17.0. The first-order valence-corrected chi connectivity index (χ1v) is 22.6. The quantitative estimate of drug-likeness (QED) is 0.0331. The molecule has 0 spiro atoms. The van der Waals surface area contributed by atoms with Crippen LogP contribution in [0.2, 0.25) is 0 Å². The molecule has 0 unspecified atom stereocenters. The van der Waals surface area contributed by atoms with Crippen molar-refractivity contribution in [1.82, 2.24) is 19.7 Å². The number of carbonyl (C=O) groups is 1. The number of esters is 1. The van der Waals surface area contributed by atoms with Gasteiger partial charge in [0.2, 0.25) is 0 Å². The van der Waals surface area contributed by atoms with Crippen molar-refractivity contribution in [2.24, 2.45) is 5.92 Å². The van der Waals surface area contributed by atoms with Gasteiger partial charge in [-0.2, -0.15) is 5.10 Å². The molecule has 316 valence electrons. The van der Waals surface area contributed by atoms with Gasteiger partial charge >= 0.3 is 13.7 Å². The number of hydrogen-bond donors (Lipinski definition) is 4. The minimum Gasteiger partial charge on any atom is -0.464 e. The van der Waals surface area contributed by atoms with Gasteiger partial charge in [-0.25, -0.2) is 19.2 Å². The number of aliphatic hydroxyl groups excluding tert-OH is 2. The average Bonchev–Trinajstić information content (AvgIpc) is 3.72. The summed E-state index contributed by atoms with van der Waals surface area (Å²) < 4.78 is 44.6. The van der Waals surface area contributed by atoms with Crippen LogP contribution in [0.15, 0.2) is 18.5 Å². The Hall–Kier alpha value is -2.16. The van der Waals surface area contributed by atoms with Gasteiger partial charge in [0, 0.05) is 13.2 Å². The van der Waals surface area contributed by atoms with Crippen LogP contribution in [0.4, 0.5) is 5.82 Å². The molecule has 5 N–H and O–H groups in total. The van der Waals surface area contributed by atoms with Crippen LogP contribution in [-0.4, -0.2) is 88.2 Å². The molecule has 0 radical (unpaired) electrons. The number of nitrogens with two attached hydrogens (primary N) is 1. The Balaban J connectivity index is 1.44. The van der Waals surface area contributed by atoms with Gasteiger partial charge in [-0.05, 0) is 44.7 Å². The van der Waals surface area contributed by atoms with Crippen LogP contribution >= 0.6 is 7.75 Å². The van der Waals surface area contributed by atoms with E-state index in [-0.39, 0.29) is 24.9 Å². The number of unbranched alkanes of at least 4 members (excludes halogenated alkanes) is 13. The summed E-state index contributed by atoms with van der Waals surface area (Å²) in [6.07, 6.45) is 17.8. The molecule has 3 rings (SSSR count). The van der Waals surface area contributed by atoms with Gasteiger partial charge in [0.05, 0.1) is 25.5 Å². The maximum atomic E-state index is 14.1. The molecule has 0 aliphatic carbocycles. The summed E-state index contributed by atoms with van der Waals surface area (Å²) in [5.41, 5.74) is 5.52. The van der Waals surface area contributed by atoms with E-state index in [0.29, 0.717) is 30.8 Å². The standard InChI is InChI=1S/C40H72N5O9P/c1-6-9-10-11-12-13-14-15-16-17-18-19-20-21-25-50-26-22-27-52-55(49,44-31(4)39(48)51-28-32(7-2)8-3)53-29-34-36(46)37(47)40(5,54-34)35-24-23-33-38(41)42-30-43-45(33)35/h23-24,30-32,34,36-37,46-47H,6-22,25-29H2,1-5H3,(H,44,49)(H2,41,42,43)/t31-,34+,36+,37+,40-,55+/m0/s1. The van der Waals surface area contributed by atoms with Crippen molar-refractivity contribution in [2.45, 2.75) is 174 Å². The monoisotopic (exact) mass is 798 g/mol. The minimum atomic E-state index is -4.15. The maximum Gasteiger partial charge on any atom is 0.406 e. The number of rotatable bonds is 31. The largest absolute Gasteiger partial charge is 0.464 e. The van der Waals surface area contributed by atoms with E-state index >= 15 is 0 Å². The molecule has 0 amide bonds. The van der Waals surface area contributed by atoms with E-state index in [2.05, 4.69) is 22.1 Å². The van der Waals surface area contributed by atoms with Crippen molar-refractivity contribution < 1.29 is 42.8 Å². The van der Waals surface area contributed by atoms with Crippen molar-refractivity contribution in [3.05, 3.63) is 24.2 Å². The Morgan fingerprint density at radius 1 is 0.927 bits per heavy atom. The van der Waals surface area contributed by atoms with Crippen molar-refractivity contribution in [3.8, 4) is 0 Å². The van der Waals surface area contributed by atoms with E-state index in [1.54, 1.807) is 19.1 Å². The van der Waals surface area contributed by atoms with Gasteiger partial charge in [-0.1, -0.05) is 117 Å². The number of aliphatic hydroxyl groups is 2. The molecule has 0 aromatic carbocycles. The van der Waals surface area contributed by atoms with E-state index in [1.807, 2.05) is 13.8 Å². The third kappa shape index (κ3) is 15.3. The molecular formula is C40H72N5O9P. The number of carbonyl (C=O) groups excluding carboxylic acids is 1. The Kier molecular flexibility index (Phi) is 21.7. The maximum absolute atomic E-state index is 14.1. The van der Waals surface area contributed by atoms with Gasteiger partial charge < -0.3 is 30.2 Å². The molecule has 1 saturated heterocycles. The van der Waals surface area contributed by atoms with Crippen molar-refractivity contribution >= 4 is 25.1 Å². The van der Waals surface area contributed by atoms with Crippen molar-refractivity contribution in [3.63, 3.8) is 0 Å². The van der Waals surface area contributed by atoms with Crippen LogP contribution in [-0.2, 0) is 38.2 Å². The lowest BCUT2D eigenvalue weighted by Gasteiger charge is -2.27. The summed E-state index contributed by atoms with van der Waals surface area (Å²) >= 11 is 0. The van der Waals surface area contributed by atoms with Gasteiger partial charge in [-0.3, -0.25) is 13.8 Å². The molecule has 2 aromatic rings. The van der Waals surface area contributed by atoms with E-state index in [1.165, 1.54) is 94.8 Å². The molecule has 15 heteroatoms. The minimum absolute atomic E-state index is 0.0320. The topological polar surface area (TPSA) is 189 Å². The zero-order valence-corrected chi connectivity index (χ0v) is 35.2. The number of fused-ring (bicyclic) bond motifs is 1. The summed E-state index contributed by atoms with van der Waals surface area (Å²) in [4.78, 5) is 16.9. The Labute approximate surface area is 329 Å². The first kappa shape index (κ1) is 47.2. The molecule has 1 aliphatic rings. The van der Waals surface area contributed by atoms with E-state index in [9.17, 15) is 19.6 Å². The fourth-order valence-corrected chi connectivity index (χ4v) is 8.44. The number of nitrogen functional groups attached to an aromatic ring is 1. The zero-order chi connectivity index (χ0) is 40.1. The summed E-state index contributed by atoms with van der Waals surface area (Å²) in [5.74, 6) is -0.116. The van der Waals surface area contributed by atoms with E-state index < -0.39 is 50.3 Å². The number of nitrogens with zero attached hydrogens (tertiary/aromatic N) is 3. The molecular weight excluding hydrogens is 725 g/mol. The van der Waals surface area contributed by atoms with Crippen LogP contribution in [0.3, 0.4) is 0 Å². The molecule has 1 fully saturated rings. The Morgan fingerprint density at radius 2 is 1.53 bits per heavy atom. The van der Waals surface area contributed by atoms with Crippen LogP contribution < -0.4 is 10.8 Å². The highest BCUT2D eigenvalue weighted by Gasteiger charge is 2.54. The number of aromatic nitrogens is 3. The second kappa shape index (κ2) is 25.3. The van der Waals surface area contributed by atoms with Gasteiger partial charge in [-0.15, -0.1) is 0 Å². The fraction of sp³-hybridized carbons (Fsp3) is 0.825. The zero-order valence-electron chi connectivity index (χ0n) is 34.3. The molecule has 2 aromatic heterocycles. The fourth-order valence-electron chi connectivity index (χ4n) is 6.93. The normalized spacial score (nSPS) is 21.7. The number of nitrogens with one attached hydrogen (secondary N) is 1.